The Labute approximate surface area is 136 Å². The van der Waals surface area contributed by atoms with Crippen LogP contribution in [0.5, 0.6) is 5.75 Å². The summed E-state index contributed by atoms with van der Waals surface area (Å²) in [6.07, 6.45) is 1.50. The number of carbonyl (C=O) groups is 2. The third-order valence-electron chi connectivity index (χ3n) is 2.61. The second-order valence-electron chi connectivity index (χ2n) is 4.39. The summed E-state index contributed by atoms with van der Waals surface area (Å²) >= 11 is 3.31. The normalized spacial score (nSPS) is 10.5. The van der Waals surface area contributed by atoms with Crippen LogP contribution in [0, 0.1) is 0 Å². The molecular formula is C16H13BrN2O3. The van der Waals surface area contributed by atoms with Crippen molar-refractivity contribution in [3.8, 4) is 5.75 Å². The molecule has 0 aromatic heterocycles. The summed E-state index contributed by atoms with van der Waals surface area (Å²) in [5.41, 5.74) is 3.56. The Morgan fingerprint density at radius 3 is 2.32 bits per heavy atom. The first-order valence-corrected chi connectivity index (χ1v) is 7.21. The number of ether oxygens (including phenoxy) is 1. The van der Waals surface area contributed by atoms with Gasteiger partial charge in [0, 0.05) is 11.4 Å². The molecule has 1 amide bonds. The largest absolute Gasteiger partial charge is 0.423 e. The number of amides is 1. The number of hydrazone groups is 1. The minimum atomic E-state index is -0.424. The van der Waals surface area contributed by atoms with Gasteiger partial charge in [-0.3, -0.25) is 4.79 Å². The van der Waals surface area contributed by atoms with Crippen molar-refractivity contribution in [2.24, 2.45) is 5.10 Å². The summed E-state index contributed by atoms with van der Waals surface area (Å²) in [6, 6.07) is 13.7. The Balaban J connectivity index is 1.98. The molecule has 0 aliphatic heterocycles. The van der Waals surface area contributed by atoms with Crippen LogP contribution < -0.4 is 10.2 Å². The van der Waals surface area contributed by atoms with Crippen LogP contribution in [-0.4, -0.2) is 18.1 Å². The highest BCUT2D eigenvalue weighted by Gasteiger charge is 2.08. The van der Waals surface area contributed by atoms with E-state index in [1.807, 2.05) is 0 Å². The first kappa shape index (κ1) is 15.9. The summed E-state index contributed by atoms with van der Waals surface area (Å²) in [7, 11) is 0. The highest BCUT2D eigenvalue weighted by atomic mass is 79.9. The van der Waals surface area contributed by atoms with Gasteiger partial charge in [0.15, 0.2) is 0 Å². The molecule has 0 saturated heterocycles. The molecule has 0 spiro atoms. The van der Waals surface area contributed by atoms with E-state index in [9.17, 15) is 9.59 Å². The SMILES string of the molecule is CC(=O)NN=Cc1ccc(OC(=O)c2ccc(Br)cc2)cc1. The maximum atomic E-state index is 11.9. The number of carbonyl (C=O) groups excluding carboxylic acids is 2. The number of halogens is 1. The number of rotatable bonds is 4. The summed E-state index contributed by atoms with van der Waals surface area (Å²) in [5, 5.41) is 3.75. The second-order valence-corrected chi connectivity index (χ2v) is 5.31. The zero-order chi connectivity index (χ0) is 15.9. The van der Waals surface area contributed by atoms with Gasteiger partial charge < -0.3 is 4.74 Å². The van der Waals surface area contributed by atoms with E-state index in [0.29, 0.717) is 11.3 Å². The lowest BCUT2D eigenvalue weighted by Gasteiger charge is -2.04. The van der Waals surface area contributed by atoms with E-state index in [1.165, 1.54) is 13.1 Å². The van der Waals surface area contributed by atoms with Crippen molar-refractivity contribution in [2.75, 3.05) is 0 Å². The van der Waals surface area contributed by atoms with Crippen LogP contribution in [0.1, 0.15) is 22.8 Å². The van der Waals surface area contributed by atoms with E-state index in [0.717, 1.165) is 10.0 Å². The molecule has 22 heavy (non-hydrogen) atoms. The fourth-order valence-corrected chi connectivity index (χ4v) is 1.84. The highest BCUT2D eigenvalue weighted by molar-refractivity contribution is 9.10. The van der Waals surface area contributed by atoms with Crippen LogP contribution >= 0.6 is 15.9 Å². The summed E-state index contributed by atoms with van der Waals surface area (Å²) in [4.78, 5) is 22.6. The van der Waals surface area contributed by atoms with Crippen LogP contribution in [-0.2, 0) is 4.79 Å². The van der Waals surface area contributed by atoms with Crippen LogP contribution in [0.2, 0.25) is 0 Å². The molecule has 0 radical (unpaired) electrons. The molecule has 0 bridgehead atoms. The van der Waals surface area contributed by atoms with Crippen LogP contribution in [0.4, 0.5) is 0 Å². The van der Waals surface area contributed by atoms with Gasteiger partial charge in [-0.05, 0) is 54.1 Å². The highest BCUT2D eigenvalue weighted by Crippen LogP contribution is 2.15. The first-order chi connectivity index (χ1) is 10.5. The molecule has 2 aromatic carbocycles. The molecule has 5 nitrogen and oxygen atoms in total. The Kier molecular flexibility index (Phi) is 5.43. The minimum Gasteiger partial charge on any atom is -0.423 e. The maximum absolute atomic E-state index is 11.9. The molecule has 112 valence electrons. The molecule has 0 unspecified atom stereocenters. The Bertz CT molecular complexity index is 694. The molecule has 2 rings (SSSR count). The lowest BCUT2D eigenvalue weighted by molar-refractivity contribution is -0.118. The van der Waals surface area contributed by atoms with Crippen LogP contribution in [0.15, 0.2) is 58.1 Å². The van der Waals surface area contributed by atoms with E-state index < -0.39 is 5.97 Å². The van der Waals surface area contributed by atoms with Gasteiger partial charge in [0.1, 0.15) is 5.75 Å². The van der Waals surface area contributed by atoms with Gasteiger partial charge in [-0.2, -0.15) is 5.10 Å². The lowest BCUT2D eigenvalue weighted by Crippen LogP contribution is -2.12. The van der Waals surface area contributed by atoms with Crippen molar-refractivity contribution in [2.45, 2.75) is 6.92 Å². The zero-order valence-electron chi connectivity index (χ0n) is 11.7. The minimum absolute atomic E-state index is 0.240. The standard InChI is InChI=1S/C16H13BrN2O3/c1-11(20)19-18-10-12-2-8-15(9-3-12)22-16(21)13-4-6-14(17)7-5-13/h2-10H,1H3,(H,19,20). The van der Waals surface area contributed by atoms with Crippen LogP contribution in [0.3, 0.4) is 0 Å². The van der Waals surface area contributed by atoms with Gasteiger partial charge in [-0.1, -0.05) is 15.9 Å². The smallest absolute Gasteiger partial charge is 0.343 e. The average molecular weight is 361 g/mol. The molecule has 2 aromatic rings. The lowest BCUT2D eigenvalue weighted by atomic mass is 10.2. The number of benzene rings is 2. The first-order valence-electron chi connectivity index (χ1n) is 6.42. The third-order valence-corrected chi connectivity index (χ3v) is 3.13. The van der Waals surface area contributed by atoms with E-state index in [-0.39, 0.29) is 5.91 Å². The third kappa shape index (κ3) is 4.82. The Morgan fingerprint density at radius 1 is 1.09 bits per heavy atom. The maximum Gasteiger partial charge on any atom is 0.343 e. The van der Waals surface area contributed by atoms with Gasteiger partial charge in [0.2, 0.25) is 5.91 Å². The predicted octanol–water partition coefficient (Wildman–Crippen LogP) is 3.14. The van der Waals surface area contributed by atoms with Crippen LogP contribution in [0.25, 0.3) is 0 Å². The summed E-state index contributed by atoms with van der Waals surface area (Å²) < 4.78 is 6.16. The predicted molar refractivity (Wildman–Crippen MR) is 87.0 cm³/mol. The van der Waals surface area contributed by atoms with Crippen molar-refractivity contribution in [1.29, 1.82) is 0 Å². The van der Waals surface area contributed by atoms with Crippen molar-refractivity contribution in [1.82, 2.24) is 5.43 Å². The fourth-order valence-electron chi connectivity index (χ4n) is 1.57. The van der Waals surface area contributed by atoms with E-state index >= 15 is 0 Å². The molecule has 0 aliphatic carbocycles. The summed E-state index contributed by atoms with van der Waals surface area (Å²) in [6.45, 7) is 1.38. The van der Waals surface area contributed by atoms with E-state index in [4.69, 9.17) is 4.74 Å². The average Bonchev–Trinajstić information content (AvgIpc) is 2.49. The molecule has 0 aliphatic rings. The topological polar surface area (TPSA) is 67.8 Å². The molecule has 1 N–H and O–H groups in total. The molecule has 6 heteroatoms. The Morgan fingerprint density at radius 2 is 1.73 bits per heavy atom. The van der Waals surface area contributed by atoms with Crippen molar-refractivity contribution in [3.63, 3.8) is 0 Å². The van der Waals surface area contributed by atoms with Crippen molar-refractivity contribution in [3.05, 3.63) is 64.1 Å². The van der Waals surface area contributed by atoms with Gasteiger partial charge in [0.25, 0.3) is 0 Å². The quantitative estimate of drug-likeness (QED) is 0.394. The monoisotopic (exact) mass is 360 g/mol. The van der Waals surface area contributed by atoms with Gasteiger partial charge in [-0.25, -0.2) is 10.2 Å². The van der Waals surface area contributed by atoms with Gasteiger partial charge in [0.05, 0.1) is 11.8 Å². The van der Waals surface area contributed by atoms with Crippen molar-refractivity contribution < 1.29 is 14.3 Å². The second kappa shape index (κ2) is 7.51. The molecular weight excluding hydrogens is 348 g/mol. The van der Waals surface area contributed by atoms with Gasteiger partial charge in [-0.15, -0.1) is 0 Å². The van der Waals surface area contributed by atoms with E-state index in [2.05, 4.69) is 26.5 Å². The molecule has 0 saturated carbocycles. The summed E-state index contributed by atoms with van der Waals surface area (Å²) in [5.74, 6) is -0.229. The number of esters is 1. The van der Waals surface area contributed by atoms with Gasteiger partial charge >= 0.3 is 5.97 Å². The number of nitrogens with zero attached hydrogens (tertiary/aromatic N) is 1. The zero-order valence-corrected chi connectivity index (χ0v) is 13.3. The molecule has 0 heterocycles. The number of nitrogens with one attached hydrogen (secondary N) is 1. The molecule has 0 atom stereocenters. The number of hydrogen-bond donors (Lipinski definition) is 1. The Hall–Kier alpha value is -2.47. The molecule has 0 fully saturated rings. The van der Waals surface area contributed by atoms with Crippen molar-refractivity contribution >= 4 is 34.0 Å². The fraction of sp³-hybridized carbons (Fsp3) is 0.0625. The van der Waals surface area contributed by atoms with E-state index in [1.54, 1.807) is 48.5 Å². The number of hydrogen-bond acceptors (Lipinski definition) is 4.